The Bertz CT molecular complexity index is 1410. The number of nitrogens with zero attached hydrogens (tertiary/aromatic N) is 1. The Hall–Kier alpha value is -3.25. The molecule has 4 nitrogen and oxygen atoms in total. The van der Waals surface area contributed by atoms with E-state index in [9.17, 15) is 9.59 Å². The number of nitrogens with one attached hydrogen (secondary N) is 1. The van der Waals surface area contributed by atoms with Gasteiger partial charge in [-0.15, -0.1) is 11.8 Å². The first kappa shape index (κ1) is 24.4. The number of thioether (sulfide) groups is 1. The van der Waals surface area contributed by atoms with Gasteiger partial charge in [0.05, 0.1) is 27.7 Å². The maximum absolute atomic E-state index is 13.6. The molecule has 7 heteroatoms. The summed E-state index contributed by atoms with van der Waals surface area (Å²) in [5.41, 5.74) is 5.17. The fourth-order valence-corrected chi connectivity index (χ4v) is 5.59. The van der Waals surface area contributed by atoms with E-state index in [4.69, 9.17) is 23.2 Å². The van der Waals surface area contributed by atoms with E-state index in [0.29, 0.717) is 16.3 Å². The van der Waals surface area contributed by atoms with Crippen LogP contribution in [0.4, 0.5) is 17.1 Å². The lowest BCUT2D eigenvalue weighted by atomic mass is 10.0. The Morgan fingerprint density at radius 1 is 0.806 bits per heavy atom. The van der Waals surface area contributed by atoms with Gasteiger partial charge in [0.15, 0.2) is 0 Å². The Kier molecular flexibility index (Phi) is 7.33. The summed E-state index contributed by atoms with van der Waals surface area (Å²) in [6, 6.07) is 28.4. The molecule has 2 amide bonds. The molecule has 0 saturated heterocycles. The van der Waals surface area contributed by atoms with Crippen LogP contribution in [-0.2, 0) is 17.6 Å². The van der Waals surface area contributed by atoms with Crippen molar-refractivity contribution in [2.75, 3.05) is 16.0 Å². The van der Waals surface area contributed by atoms with Gasteiger partial charge in [-0.1, -0.05) is 65.7 Å². The normalized spacial score (nSPS) is 12.3. The zero-order valence-electron chi connectivity index (χ0n) is 19.2. The van der Waals surface area contributed by atoms with Crippen molar-refractivity contribution in [3.63, 3.8) is 0 Å². The van der Waals surface area contributed by atoms with Crippen molar-refractivity contribution in [3.05, 3.63) is 118 Å². The number of anilines is 3. The topological polar surface area (TPSA) is 49.4 Å². The molecule has 36 heavy (non-hydrogen) atoms. The van der Waals surface area contributed by atoms with Crippen molar-refractivity contribution >= 4 is 63.8 Å². The minimum absolute atomic E-state index is 0.00387. The standard InChI is InChI=1S/C29H22Cl2N2O2S/c30-21-14-15-24(25(31)16-21)29(35)32-22-8-5-9-23(17-22)36-18-28(34)33-26-10-3-1-6-19(26)12-13-20-7-2-4-11-27(20)33/h1-11,14-17H,12-13,18H2,(H,32,35). The van der Waals surface area contributed by atoms with E-state index in [1.165, 1.54) is 17.8 Å². The second-order valence-electron chi connectivity index (χ2n) is 8.38. The Morgan fingerprint density at radius 3 is 2.14 bits per heavy atom. The number of hydrogen-bond donors (Lipinski definition) is 1. The average molecular weight is 533 g/mol. The van der Waals surface area contributed by atoms with Crippen molar-refractivity contribution in [1.82, 2.24) is 0 Å². The van der Waals surface area contributed by atoms with Gasteiger partial charge in [-0.3, -0.25) is 14.5 Å². The third kappa shape index (κ3) is 5.29. The summed E-state index contributed by atoms with van der Waals surface area (Å²) in [7, 11) is 0. The number of carbonyl (C=O) groups is 2. The first-order chi connectivity index (χ1) is 17.5. The van der Waals surface area contributed by atoms with Gasteiger partial charge >= 0.3 is 0 Å². The fraction of sp³-hybridized carbons (Fsp3) is 0.103. The monoisotopic (exact) mass is 532 g/mol. The number of halogens is 2. The summed E-state index contributed by atoms with van der Waals surface area (Å²) in [6.45, 7) is 0. The Labute approximate surface area is 224 Å². The summed E-state index contributed by atoms with van der Waals surface area (Å²) in [6.07, 6.45) is 1.78. The number of fused-ring (bicyclic) bond motifs is 2. The van der Waals surface area contributed by atoms with Crippen LogP contribution in [0.1, 0.15) is 21.5 Å². The molecule has 4 aromatic carbocycles. The van der Waals surface area contributed by atoms with Crippen LogP contribution in [0.5, 0.6) is 0 Å². The van der Waals surface area contributed by atoms with E-state index in [2.05, 4.69) is 17.4 Å². The highest BCUT2D eigenvalue weighted by atomic mass is 35.5. The minimum atomic E-state index is -0.326. The molecule has 0 bridgehead atoms. The molecule has 0 unspecified atom stereocenters. The molecule has 0 fully saturated rings. The highest BCUT2D eigenvalue weighted by Crippen LogP contribution is 2.37. The molecule has 1 heterocycles. The maximum Gasteiger partial charge on any atom is 0.257 e. The predicted molar refractivity (Wildman–Crippen MR) is 149 cm³/mol. The molecule has 0 radical (unpaired) electrons. The molecule has 1 aliphatic rings. The van der Waals surface area contributed by atoms with Crippen LogP contribution in [0.3, 0.4) is 0 Å². The summed E-state index contributed by atoms with van der Waals surface area (Å²) >= 11 is 13.5. The van der Waals surface area contributed by atoms with E-state index < -0.39 is 0 Å². The van der Waals surface area contributed by atoms with Crippen LogP contribution in [0.25, 0.3) is 0 Å². The number of benzene rings is 4. The molecule has 0 saturated carbocycles. The van der Waals surface area contributed by atoms with E-state index in [1.807, 2.05) is 59.5 Å². The average Bonchev–Trinajstić information content (AvgIpc) is 3.04. The van der Waals surface area contributed by atoms with Gasteiger partial charge in [0.1, 0.15) is 0 Å². The van der Waals surface area contributed by atoms with E-state index in [0.717, 1.165) is 40.2 Å². The van der Waals surface area contributed by atoms with Crippen molar-refractivity contribution in [2.45, 2.75) is 17.7 Å². The second kappa shape index (κ2) is 10.8. The van der Waals surface area contributed by atoms with Gasteiger partial charge in [0.2, 0.25) is 5.91 Å². The van der Waals surface area contributed by atoms with Crippen LogP contribution in [0.2, 0.25) is 10.0 Å². The van der Waals surface area contributed by atoms with Gasteiger partial charge in [0, 0.05) is 15.6 Å². The molecule has 5 rings (SSSR count). The number of rotatable bonds is 5. The predicted octanol–water partition coefficient (Wildman–Crippen LogP) is 7.80. The molecular weight excluding hydrogens is 511 g/mol. The van der Waals surface area contributed by atoms with Gasteiger partial charge in [-0.05, 0) is 72.5 Å². The van der Waals surface area contributed by atoms with Crippen LogP contribution in [-0.4, -0.2) is 17.6 Å². The number of para-hydroxylation sites is 2. The van der Waals surface area contributed by atoms with Crippen LogP contribution >= 0.6 is 35.0 Å². The van der Waals surface area contributed by atoms with Crippen molar-refractivity contribution in [2.24, 2.45) is 0 Å². The fourth-order valence-electron chi connectivity index (χ4n) is 4.29. The van der Waals surface area contributed by atoms with Crippen LogP contribution < -0.4 is 10.2 Å². The van der Waals surface area contributed by atoms with Crippen molar-refractivity contribution < 1.29 is 9.59 Å². The smallest absolute Gasteiger partial charge is 0.257 e. The maximum atomic E-state index is 13.6. The number of hydrogen-bond acceptors (Lipinski definition) is 3. The van der Waals surface area contributed by atoms with Gasteiger partial charge in [-0.2, -0.15) is 0 Å². The summed E-state index contributed by atoms with van der Waals surface area (Å²) in [5, 5.41) is 3.62. The molecule has 1 N–H and O–H groups in total. The lowest BCUT2D eigenvalue weighted by Crippen LogP contribution is -2.28. The summed E-state index contributed by atoms with van der Waals surface area (Å²) < 4.78 is 0. The molecule has 0 aromatic heterocycles. The first-order valence-electron chi connectivity index (χ1n) is 11.5. The molecule has 0 spiro atoms. The number of aryl methyl sites for hydroxylation is 2. The molecule has 1 aliphatic heterocycles. The third-order valence-corrected chi connectivity index (χ3v) is 7.53. The Morgan fingerprint density at radius 2 is 1.47 bits per heavy atom. The quantitative estimate of drug-likeness (QED) is 0.266. The Balaban J connectivity index is 1.33. The van der Waals surface area contributed by atoms with E-state index in [1.54, 1.807) is 18.2 Å². The van der Waals surface area contributed by atoms with Crippen molar-refractivity contribution in [3.8, 4) is 0 Å². The summed E-state index contributed by atoms with van der Waals surface area (Å²) in [5.74, 6) is -0.0693. The lowest BCUT2D eigenvalue weighted by Gasteiger charge is -2.25. The molecule has 0 atom stereocenters. The molecule has 4 aromatic rings. The second-order valence-corrected chi connectivity index (χ2v) is 10.3. The van der Waals surface area contributed by atoms with E-state index >= 15 is 0 Å². The molecule has 0 aliphatic carbocycles. The van der Waals surface area contributed by atoms with Crippen LogP contribution in [0, 0.1) is 0 Å². The van der Waals surface area contributed by atoms with Crippen LogP contribution in [0.15, 0.2) is 95.9 Å². The molecule has 180 valence electrons. The van der Waals surface area contributed by atoms with Crippen molar-refractivity contribution in [1.29, 1.82) is 0 Å². The van der Waals surface area contributed by atoms with Gasteiger partial charge < -0.3 is 5.32 Å². The SMILES string of the molecule is O=C(Nc1cccc(SCC(=O)N2c3ccccc3CCc3ccccc32)c1)c1ccc(Cl)cc1Cl. The summed E-state index contributed by atoms with van der Waals surface area (Å²) in [4.78, 5) is 29.0. The first-order valence-corrected chi connectivity index (χ1v) is 13.2. The largest absolute Gasteiger partial charge is 0.322 e. The number of amides is 2. The highest BCUT2D eigenvalue weighted by Gasteiger charge is 2.25. The minimum Gasteiger partial charge on any atom is -0.322 e. The number of carbonyl (C=O) groups excluding carboxylic acids is 2. The van der Waals surface area contributed by atoms with Gasteiger partial charge in [0.25, 0.3) is 5.91 Å². The van der Waals surface area contributed by atoms with E-state index in [-0.39, 0.29) is 22.6 Å². The van der Waals surface area contributed by atoms with Gasteiger partial charge in [-0.25, -0.2) is 0 Å². The zero-order chi connectivity index (χ0) is 25.1. The third-order valence-electron chi connectivity index (χ3n) is 6.01. The lowest BCUT2D eigenvalue weighted by molar-refractivity contribution is -0.115. The highest BCUT2D eigenvalue weighted by molar-refractivity contribution is 8.00. The zero-order valence-corrected chi connectivity index (χ0v) is 21.5. The molecular formula is C29H22Cl2N2O2S.